The second-order valence-corrected chi connectivity index (χ2v) is 6.21. The molecule has 0 aromatic heterocycles. The van der Waals surface area contributed by atoms with Gasteiger partial charge in [-0.3, -0.25) is 0 Å². The molecular weight excluding hydrogens is 258 g/mol. The maximum absolute atomic E-state index is 5.93. The summed E-state index contributed by atoms with van der Waals surface area (Å²) in [6.07, 6.45) is 11.6. The van der Waals surface area contributed by atoms with E-state index in [2.05, 4.69) is 37.5 Å². The van der Waals surface area contributed by atoms with Crippen LogP contribution in [0.5, 0.6) is 5.75 Å². The van der Waals surface area contributed by atoms with E-state index in [1.807, 2.05) is 0 Å². The van der Waals surface area contributed by atoms with Crippen LogP contribution < -0.4 is 10.1 Å². The molecule has 0 saturated heterocycles. The molecule has 2 heteroatoms. The monoisotopic (exact) mass is 289 g/mol. The SMILES string of the molecule is CCCCCCCCOc1ccc2c(c1)CCCC2NC. The lowest BCUT2D eigenvalue weighted by Crippen LogP contribution is -2.21. The van der Waals surface area contributed by atoms with Crippen LogP contribution in [-0.4, -0.2) is 13.7 Å². The molecule has 118 valence electrons. The van der Waals surface area contributed by atoms with E-state index in [1.54, 1.807) is 0 Å². The zero-order chi connectivity index (χ0) is 14.9. The summed E-state index contributed by atoms with van der Waals surface area (Å²) in [6, 6.07) is 7.19. The van der Waals surface area contributed by atoms with Gasteiger partial charge in [-0.2, -0.15) is 0 Å². The van der Waals surface area contributed by atoms with Crippen molar-refractivity contribution < 1.29 is 4.74 Å². The Morgan fingerprint density at radius 1 is 1.14 bits per heavy atom. The van der Waals surface area contributed by atoms with Gasteiger partial charge in [0.1, 0.15) is 5.75 Å². The number of aryl methyl sites for hydroxylation is 1. The van der Waals surface area contributed by atoms with Crippen LogP contribution in [0.3, 0.4) is 0 Å². The Hall–Kier alpha value is -1.02. The topological polar surface area (TPSA) is 21.3 Å². The maximum Gasteiger partial charge on any atom is 0.119 e. The van der Waals surface area contributed by atoms with Crippen molar-refractivity contribution in [3.63, 3.8) is 0 Å². The summed E-state index contributed by atoms with van der Waals surface area (Å²) >= 11 is 0. The average Bonchev–Trinajstić information content (AvgIpc) is 2.53. The van der Waals surface area contributed by atoms with Gasteiger partial charge in [0.15, 0.2) is 0 Å². The van der Waals surface area contributed by atoms with Gasteiger partial charge in [-0.1, -0.05) is 45.1 Å². The average molecular weight is 289 g/mol. The fraction of sp³-hybridized carbons (Fsp3) is 0.684. The first-order chi connectivity index (χ1) is 10.3. The van der Waals surface area contributed by atoms with Crippen molar-refractivity contribution in [3.8, 4) is 5.75 Å². The van der Waals surface area contributed by atoms with Crippen LogP contribution in [0, 0.1) is 0 Å². The van der Waals surface area contributed by atoms with E-state index < -0.39 is 0 Å². The molecule has 0 amide bonds. The minimum atomic E-state index is 0.529. The predicted molar refractivity (Wildman–Crippen MR) is 90.1 cm³/mol. The number of hydrogen-bond donors (Lipinski definition) is 1. The van der Waals surface area contributed by atoms with E-state index in [-0.39, 0.29) is 0 Å². The van der Waals surface area contributed by atoms with E-state index in [4.69, 9.17) is 4.74 Å². The van der Waals surface area contributed by atoms with Crippen LogP contribution in [-0.2, 0) is 6.42 Å². The highest BCUT2D eigenvalue weighted by Gasteiger charge is 2.18. The molecule has 1 aliphatic carbocycles. The van der Waals surface area contributed by atoms with E-state index in [1.165, 1.54) is 68.9 Å². The Morgan fingerprint density at radius 3 is 2.76 bits per heavy atom. The third kappa shape index (κ3) is 5.03. The highest BCUT2D eigenvalue weighted by atomic mass is 16.5. The van der Waals surface area contributed by atoms with E-state index in [0.717, 1.165) is 12.4 Å². The summed E-state index contributed by atoms with van der Waals surface area (Å²) in [5.74, 6) is 1.05. The van der Waals surface area contributed by atoms with Gasteiger partial charge in [-0.05, 0) is 56.0 Å². The number of rotatable bonds is 9. The second kappa shape index (κ2) is 9.09. The van der Waals surface area contributed by atoms with Gasteiger partial charge < -0.3 is 10.1 Å². The van der Waals surface area contributed by atoms with Crippen molar-refractivity contribution in [2.24, 2.45) is 0 Å². The standard InChI is InChI=1S/C19H31NO/c1-3-4-5-6-7-8-14-21-17-12-13-18-16(15-17)10-9-11-19(18)20-2/h12-13,15,19-20H,3-11,14H2,1-2H3. The summed E-state index contributed by atoms with van der Waals surface area (Å²) < 4.78 is 5.93. The Balaban J connectivity index is 1.75. The Bertz CT molecular complexity index is 416. The number of fused-ring (bicyclic) bond motifs is 1. The van der Waals surface area contributed by atoms with Crippen molar-refractivity contribution >= 4 is 0 Å². The lowest BCUT2D eigenvalue weighted by molar-refractivity contribution is 0.303. The molecule has 0 aliphatic heterocycles. The van der Waals surface area contributed by atoms with Gasteiger partial charge in [-0.15, -0.1) is 0 Å². The molecule has 21 heavy (non-hydrogen) atoms. The molecule has 1 aromatic rings. The predicted octanol–water partition coefficient (Wildman–Crippen LogP) is 5.02. The van der Waals surface area contributed by atoms with Gasteiger partial charge >= 0.3 is 0 Å². The third-order valence-electron chi connectivity index (χ3n) is 4.54. The third-order valence-corrected chi connectivity index (χ3v) is 4.54. The molecule has 0 saturated carbocycles. The summed E-state index contributed by atoms with van der Waals surface area (Å²) in [5.41, 5.74) is 2.94. The van der Waals surface area contributed by atoms with Crippen LogP contribution in [0.2, 0.25) is 0 Å². The normalized spacial score (nSPS) is 17.5. The minimum Gasteiger partial charge on any atom is -0.494 e. The van der Waals surface area contributed by atoms with Crippen LogP contribution in [0.15, 0.2) is 18.2 Å². The lowest BCUT2D eigenvalue weighted by Gasteiger charge is -2.25. The van der Waals surface area contributed by atoms with Gasteiger partial charge in [0.2, 0.25) is 0 Å². The van der Waals surface area contributed by atoms with Crippen LogP contribution >= 0.6 is 0 Å². The first-order valence-electron chi connectivity index (χ1n) is 8.78. The number of benzene rings is 1. The van der Waals surface area contributed by atoms with Crippen molar-refractivity contribution in [3.05, 3.63) is 29.3 Å². The molecule has 2 nitrogen and oxygen atoms in total. The Labute approximate surface area is 130 Å². The Morgan fingerprint density at radius 2 is 1.95 bits per heavy atom. The summed E-state index contributed by atoms with van der Waals surface area (Å²) in [5, 5.41) is 3.42. The summed E-state index contributed by atoms with van der Waals surface area (Å²) in [7, 11) is 2.06. The van der Waals surface area contributed by atoms with E-state index in [0.29, 0.717) is 6.04 Å². The van der Waals surface area contributed by atoms with Gasteiger partial charge in [0.25, 0.3) is 0 Å². The summed E-state index contributed by atoms with van der Waals surface area (Å²) in [6.45, 7) is 3.12. The van der Waals surface area contributed by atoms with E-state index >= 15 is 0 Å². The van der Waals surface area contributed by atoms with Crippen molar-refractivity contribution in [2.45, 2.75) is 70.8 Å². The van der Waals surface area contributed by atoms with Gasteiger partial charge in [0, 0.05) is 6.04 Å². The molecule has 1 unspecified atom stereocenters. The van der Waals surface area contributed by atoms with Crippen LogP contribution in [0.4, 0.5) is 0 Å². The number of hydrogen-bond acceptors (Lipinski definition) is 2. The van der Waals surface area contributed by atoms with Gasteiger partial charge in [-0.25, -0.2) is 0 Å². The fourth-order valence-electron chi connectivity index (χ4n) is 3.25. The fourth-order valence-corrected chi connectivity index (χ4v) is 3.25. The quantitative estimate of drug-likeness (QED) is 0.644. The molecule has 0 fully saturated rings. The molecule has 1 aromatic carbocycles. The number of nitrogens with one attached hydrogen (secondary N) is 1. The number of unbranched alkanes of at least 4 members (excludes halogenated alkanes) is 5. The molecule has 0 bridgehead atoms. The van der Waals surface area contributed by atoms with Crippen molar-refractivity contribution in [1.29, 1.82) is 0 Å². The molecule has 0 spiro atoms. The molecule has 1 N–H and O–H groups in total. The van der Waals surface area contributed by atoms with Crippen molar-refractivity contribution in [1.82, 2.24) is 5.32 Å². The largest absolute Gasteiger partial charge is 0.494 e. The Kier molecular flexibility index (Phi) is 7.08. The maximum atomic E-state index is 5.93. The lowest BCUT2D eigenvalue weighted by atomic mass is 9.87. The smallest absolute Gasteiger partial charge is 0.119 e. The van der Waals surface area contributed by atoms with Gasteiger partial charge in [0.05, 0.1) is 6.61 Å². The van der Waals surface area contributed by atoms with Crippen LogP contribution in [0.25, 0.3) is 0 Å². The van der Waals surface area contributed by atoms with Crippen LogP contribution in [0.1, 0.15) is 75.5 Å². The highest BCUT2D eigenvalue weighted by molar-refractivity contribution is 5.39. The number of ether oxygens (including phenoxy) is 1. The second-order valence-electron chi connectivity index (χ2n) is 6.21. The first kappa shape index (κ1) is 16.4. The first-order valence-corrected chi connectivity index (χ1v) is 8.78. The molecule has 1 aliphatic rings. The van der Waals surface area contributed by atoms with E-state index in [9.17, 15) is 0 Å². The zero-order valence-corrected chi connectivity index (χ0v) is 13.8. The molecule has 0 heterocycles. The summed E-state index contributed by atoms with van der Waals surface area (Å²) in [4.78, 5) is 0. The van der Waals surface area contributed by atoms with Crippen molar-refractivity contribution in [2.75, 3.05) is 13.7 Å². The zero-order valence-electron chi connectivity index (χ0n) is 13.8. The molecule has 0 radical (unpaired) electrons. The molecular formula is C19H31NO. The molecule has 2 rings (SSSR count). The minimum absolute atomic E-state index is 0.529. The molecule has 1 atom stereocenters. The highest BCUT2D eigenvalue weighted by Crippen LogP contribution is 2.31.